The van der Waals surface area contributed by atoms with Crippen LogP contribution in [0.5, 0.6) is 0 Å². The molecule has 0 amide bonds. The molecule has 0 rings (SSSR count). The lowest BCUT2D eigenvalue weighted by molar-refractivity contribution is -0.183. The van der Waals surface area contributed by atoms with E-state index in [1.54, 1.807) is 0 Å². The number of unbranched alkanes of at least 4 members (excludes halogenated alkanes) is 24. The molecule has 0 spiro atoms. The molecular weight excluding hydrogens is 813 g/mol. The van der Waals surface area contributed by atoms with Crippen LogP contribution in [0.2, 0.25) is 0 Å². The smallest absolute Gasteiger partial charge is 0.305 e. The van der Waals surface area contributed by atoms with Crippen molar-refractivity contribution in [1.29, 1.82) is 0 Å². The van der Waals surface area contributed by atoms with Gasteiger partial charge in [0, 0.05) is 12.8 Å². The van der Waals surface area contributed by atoms with Crippen LogP contribution in [0.25, 0.3) is 0 Å². The van der Waals surface area contributed by atoms with Gasteiger partial charge in [-0.05, 0) is 109 Å². The number of allylic oxidation sites excluding steroid dienone is 6. The second-order valence-electron chi connectivity index (χ2n) is 18.6. The largest absolute Gasteiger partial charge is 0.463 e. The molecule has 4 unspecified atom stereocenters. The maximum Gasteiger partial charge on any atom is 0.305 e. The topological polar surface area (TPSA) is 123 Å². The summed E-state index contributed by atoms with van der Waals surface area (Å²) in [6.07, 6.45) is 53.9. The Morgan fingerprint density at radius 1 is 0.400 bits per heavy atom. The van der Waals surface area contributed by atoms with Gasteiger partial charge in [-0.3, -0.25) is 9.59 Å². The average Bonchev–Trinajstić information content (AvgIpc) is 3.30. The van der Waals surface area contributed by atoms with Gasteiger partial charge < -0.3 is 29.5 Å². The summed E-state index contributed by atoms with van der Waals surface area (Å²) < 4.78 is 17.0. The summed E-state index contributed by atoms with van der Waals surface area (Å²) in [6, 6.07) is 0. The van der Waals surface area contributed by atoms with E-state index in [1.165, 1.54) is 64.2 Å². The fourth-order valence-corrected chi connectivity index (χ4v) is 7.78. The minimum absolute atomic E-state index is 0.0563. The first-order chi connectivity index (χ1) is 31.8. The van der Waals surface area contributed by atoms with E-state index in [0.29, 0.717) is 19.3 Å². The highest BCUT2D eigenvalue weighted by Gasteiger charge is 2.19. The Hall–Kier alpha value is -2.26. The number of carbonyl (C=O) groups is 2. The zero-order chi connectivity index (χ0) is 47.5. The first-order valence-corrected chi connectivity index (χ1v) is 27.4. The average molecular weight is 917 g/mol. The summed E-state index contributed by atoms with van der Waals surface area (Å²) in [5, 5.41) is 31.0. The first kappa shape index (κ1) is 62.7. The number of aliphatic hydroxyl groups excluding tert-OH is 3. The second-order valence-corrected chi connectivity index (χ2v) is 18.6. The molecule has 4 atom stereocenters. The van der Waals surface area contributed by atoms with Crippen LogP contribution in [0.15, 0.2) is 48.6 Å². The number of esters is 2. The molecule has 8 nitrogen and oxygen atoms in total. The van der Waals surface area contributed by atoms with Gasteiger partial charge in [0.15, 0.2) is 6.29 Å². The predicted molar refractivity (Wildman–Crippen MR) is 274 cm³/mol. The van der Waals surface area contributed by atoms with Gasteiger partial charge in [0.05, 0.1) is 12.2 Å². The van der Waals surface area contributed by atoms with Crippen LogP contribution in [0.3, 0.4) is 0 Å². The van der Waals surface area contributed by atoms with Crippen LogP contribution in [-0.4, -0.2) is 65.1 Å². The van der Waals surface area contributed by atoms with Crippen molar-refractivity contribution in [2.45, 2.75) is 289 Å². The van der Waals surface area contributed by atoms with E-state index >= 15 is 0 Å². The van der Waals surface area contributed by atoms with Crippen molar-refractivity contribution in [2.75, 3.05) is 13.2 Å². The second kappa shape index (κ2) is 51.1. The summed E-state index contributed by atoms with van der Waals surface area (Å²) in [7, 11) is 0. The molecule has 65 heavy (non-hydrogen) atoms. The van der Waals surface area contributed by atoms with Crippen LogP contribution < -0.4 is 0 Å². The van der Waals surface area contributed by atoms with E-state index in [2.05, 4.69) is 69.4 Å². The van der Waals surface area contributed by atoms with Gasteiger partial charge in [0.2, 0.25) is 0 Å². The SMILES string of the molecule is CCCCC/C=C\C/C=C\CCCCCCCC(=O)OCC(COC(=O)CCCCCCC/C=C\CC(O)CCCCCC)OC(O)CCCCCCC/C=C\CC(O)CCCCCC. The standard InChI is InChI=1S/C57H104O8/c1-4-7-10-13-14-15-16-17-18-19-20-21-28-33-40-47-55(60)63-50-54(65-57(62)49-42-35-30-25-23-27-32-39-46-53(59)44-37-12-9-6-3)51-64-56(61)48-41-34-29-24-22-26-31-38-45-52(58)43-36-11-8-5-2/h14-15,17-18,31-32,38-39,52-54,57-59,62H,4-13,16,19-30,33-37,40-51H2,1-3H3/b15-14-,18-17-,38-31-,39-32-. The zero-order valence-electron chi connectivity index (χ0n) is 42.6. The van der Waals surface area contributed by atoms with E-state index < -0.39 is 12.4 Å². The van der Waals surface area contributed by atoms with Gasteiger partial charge >= 0.3 is 11.9 Å². The minimum Gasteiger partial charge on any atom is -0.463 e. The zero-order valence-corrected chi connectivity index (χ0v) is 42.6. The van der Waals surface area contributed by atoms with Crippen molar-refractivity contribution < 1.29 is 39.1 Å². The number of aliphatic hydroxyl groups is 3. The van der Waals surface area contributed by atoms with E-state index in [4.69, 9.17) is 14.2 Å². The monoisotopic (exact) mass is 917 g/mol. The molecule has 3 N–H and O–H groups in total. The molecule has 0 aromatic carbocycles. The van der Waals surface area contributed by atoms with Crippen LogP contribution in [0, 0.1) is 0 Å². The highest BCUT2D eigenvalue weighted by atomic mass is 16.6. The predicted octanol–water partition coefficient (Wildman–Crippen LogP) is 15.6. The third-order valence-corrected chi connectivity index (χ3v) is 12.0. The molecule has 0 saturated carbocycles. The molecule has 0 fully saturated rings. The molecule has 0 aliphatic heterocycles. The Labute approximate surface area is 400 Å². The third kappa shape index (κ3) is 49.5. The normalized spacial score (nSPS) is 14.0. The van der Waals surface area contributed by atoms with Gasteiger partial charge in [-0.15, -0.1) is 0 Å². The quantitative estimate of drug-likeness (QED) is 0.0239. The van der Waals surface area contributed by atoms with E-state index in [1.807, 2.05) is 0 Å². The van der Waals surface area contributed by atoms with Crippen molar-refractivity contribution in [3.05, 3.63) is 48.6 Å². The Kier molecular flexibility index (Phi) is 49.4. The molecule has 0 aromatic heterocycles. The molecule has 0 radical (unpaired) electrons. The summed E-state index contributed by atoms with van der Waals surface area (Å²) in [4.78, 5) is 25.3. The fraction of sp³-hybridized carbons (Fsp3) is 0.825. The van der Waals surface area contributed by atoms with E-state index in [9.17, 15) is 24.9 Å². The van der Waals surface area contributed by atoms with Gasteiger partial charge in [0.25, 0.3) is 0 Å². The van der Waals surface area contributed by atoms with E-state index in [-0.39, 0.29) is 37.4 Å². The van der Waals surface area contributed by atoms with Gasteiger partial charge in [-0.25, -0.2) is 0 Å². The van der Waals surface area contributed by atoms with E-state index in [0.717, 1.165) is 161 Å². The maximum atomic E-state index is 12.6. The number of rotatable bonds is 50. The van der Waals surface area contributed by atoms with Gasteiger partial charge in [0.1, 0.15) is 19.3 Å². The van der Waals surface area contributed by atoms with Crippen LogP contribution in [-0.2, 0) is 23.8 Å². The number of hydrogen-bond donors (Lipinski definition) is 3. The summed E-state index contributed by atoms with van der Waals surface area (Å²) in [6.45, 7) is 6.52. The number of hydrogen-bond acceptors (Lipinski definition) is 8. The Bertz CT molecular complexity index is 1130. The highest BCUT2D eigenvalue weighted by molar-refractivity contribution is 5.69. The van der Waals surface area contributed by atoms with Crippen molar-refractivity contribution in [2.24, 2.45) is 0 Å². The van der Waals surface area contributed by atoms with Crippen LogP contribution in [0.4, 0.5) is 0 Å². The Balaban J connectivity index is 4.49. The lowest BCUT2D eigenvalue weighted by atomic mass is 10.1. The molecule has 0 aromatic rings. The van der Waals surface area contributed by atoms with Gasteiger partial charge in [-0.2, -0.15) is 0 Å². The molecular formula is C57H104O8. The van der Waals surface area contributed by atoms with Gasteiger partial charge in [-0.1, -0.05) is 191 Å². The van der Waals surface area contributed by atoms with Crippen molar-refractivity contribution in [3.63, 3.8) is 0 Å². The van der Waals surface area contributed by atoms with Crippen LogP contribution in [0.1, 0.15) is 265 Å². The summed E-state index contributed by atoms with van der Waals surface area (Å²) in [5.41, 5.74) is 0. The molecule has 8 heteroatoms. The lowest BCUT2D eigenvalue weighted by Gasteiger charge is -2.21. The Morgan fingerprint density at radius 2 is 0.738 bits per heavy atom. The van der Waals surface area contributed by atoms with Crippen molar-refractivity contribution >= 4 is 11.9 Å². The number of ether oxygens (including phenoxy) is 3. The summed E-state index contributed by atoms with van der Waals surface area (Å²) in [5.74, 6) is -0.585. The third-order valence-electron chi connectivity index (χ3n) is 12.0. The maximum absolute atomic E-state index is 12.6. The molecule has 380 valence electrons. The molecule has 0 saturated heterocycles. The molecule has 0 bridgehead atoms. The highest BCUT2D eigenvalue weighted by Crippen LogP contribution is 2.16. The first-order valence-electron chi connectivity index (χ1n) is 27.4. The molecule has 0 aliphatic rings. The Morgan fingerprint density at radius 3 is 1.18 bits per heavy atom. The minimum atomic E-state index is -1.02. The van der Waals surface area contributed by atoms with Crippen LogP contribution >= 0.6 is 0 Å². The fourth-order valence-electron chi connectivity index (χ4n) is 7.78. The molecule has 0 aliphatic carbocycles. The van der Waals surface area contributed by atoms with Crippen molar-refractivity contribution in [1.82, 2.24) is 0 Å². The summed E-state index contributed by atoms with van der Waals surface area (Å²) >= 11 is 0. The number of carbonyl (C=O) groups excluding carboxylic acids is 2. The van der Waals surface area contributed by atoms with Crippen molar-refractivity contribution in [3.8, 4) is 0 Å². The lowest BCUT2D eigenvalue weighted by Crippen LogP contribution is -2.32. The molecule has 0 heterocycles.